The van der Waals surface area contributed by atoms with E-state index in [1.165, 1.54) is 29.1 Å². The number of non-ortho nitro benzene ring substituents is 1. The molecule has 0 radical (unpaired) electrons. The fourth-order valence-corrected chi connectivity index (χ4v) is 4.23. The number of aromatic nitrogens is 3. The molecule has 0 saturated heterocycles. The number of hydrogen-bond acceptors (Lipinski definition) is 7. The third-order valence-electron chi connectivity index (χ3n) is 5.85. The highest BCUT2D eigenvalue weighted by molar-refractivity contribution is 5.97. The first-order chi connectivity index (χ1) is 16.3. The second kappa shape index (κ2) is 8.14. The molecule has 0 aliphatic carbocycles. The van der Waals surface area contributed by atoms with Crippen LogP contribution in [0.3, 0.4) is 0 Å². The summed E-state index contributed by atoms with van der Waals surface area (Å²) < 4.78 is 14.4. The highest BCUT2D eigenvalue weighted by atomic mass is 16.6. The molecule has 2 aromatic heterocycles. The number of nitro groups is 1. The Bertz CT molecular complexity index is 1530. The molecule has 10 nitrogen and oxygen atoms in total. The summed E-state index contributed by atoms with van der Waals surface area (Å²) in [7, 11) is 0. The lowest BCUT2D eigenvalue weighted by Gasteiger charge is -2.20. The van der Waals surface area contributed by atoms with Crippen molar-refractivity contribution in [3.05, 3.63) is 86.2 Å². The molecule has 0 saturated carbocycles. The van der Waals surface area contributed by atoms with Gasteiger partial charge < -0.3 is 14.0 Å². The monoisotopic (exact) mass is 460 g/mol. The van der Waals surface area contributed by atoms with Gasteiger partial charge in [0.1, 0.15) is 13.2 Å². The van der Waals surface area contributed by atoms with Gasteiger partial charge in [0.15, 0.2) is 17.3 Å². The lowest BCUT2D eigenvalue weighted by atomic mass is 10.1. The van der Waals surface area contributed by atoms with Gasteiger partial charge in [-0.3, -0.25) is 24.3 Å². The van der Waals surface area contributed by atoms with Crippen LogP contribution in [0.2, 0.25) is 0 Å². The van der Waals surface area contributed by atoms with Crippen molar-refractivity contribution in [2.75, 3.05) is 13.2 Å². The quantitative estimate of drug-likeness (QED) is 0.254. The van der Waals surface area contributed by atoms with Gasteiger partial charge in [-0.25, -0.2) is 4.98 Å². The van der Waals surface area contributed by atoms with Crippen LogP contribution in [0.5, 0.6) is 11.5 Å². The standard InChI is InChI=1S/C24H20N4O6/c1-14-9-18(15(2)27(14)16-4-6-22-23(11-16)34-8-7-33-22)21(29)12-26-13-25-20-5-3-17(28(31)32)10-19(20)24(26)30/h3-6,9-11,13H,7-8,12H2,1-2H3. The van der Waals surface area contributed by atoms with Crippen LogP contribution in [0.1, 0.15) is 21.7 Å². The average molecular weight is 460 g/mol. The second-order valence-electron chi connectivity index (χ2n) is 8.01. The van der Waals surface area contributed by atoms with E-state index >= 15 is 0 Å². The molecule has 0 amide bonds. The summed E-state index contributed by atoms with van der Waals surface area (Å²) in [5, 5.41) is 11.2. The SMILES string of the molecule is Cc1cc(C(=O)Cn2cnc3ccc([N+](=O)[O-])cc3c2=O)c(C)n1-c1ccc2c(c1)OCCO2. The van der Waals surface area contributed by atoms with Crippen LogP contribution in [0, 0.1) is 24.0 Å². The molecule has 1 aliphatic heterocycles. The topological polar surface area (TPSA) is 118 Å². The third-order valence-corrected chi connectivity index (χ3v) is 5.85. The van der Waals surface area contributed by atoms with Gasteiger partial charge in [0.25, 0.3) is 11.2 Å². The molecule has 3 heterocycles. The van der Waals surface area contributed by atoms with E-state index in [1.54, 1.807) is 6.07 Å². The number of aryl methyl sites for hydroxylation is 1. The first-order valence-corrected chi connectivity index (χ1v) is 10.6. The number of carbonyl (C=O) groups excluding carboxylic acids is 1. The van der Waals surface area contributed by atoms with E-state index in [4.69, 9.17) is 9.47 Å². The summed E-state index contributed by atoms with van der Waals surface area (Å²) in [6.45, 7) is 4.46. The first-order valence-electron chi connectivity index (χ1n) is 10.6. The first kappa shape index (κ1) is 21.4. The van der Waals surface area contributed by atoms with Gasteiger partial charge in [-0.2, -0.15) is 0 Å². The van der Waals surface area contributed by atoms with Gasteiger partial charge in [0.2, 0.25) is 0 Å². The van der Waals surface area contributed by atoms with Gasteiger partial charge in [0.05, 0.1) is 28.7 Å². The molecule has 4 aromatic rings. The number of hydrogen-bond donors (Lipinski definition) is 0. The number of nitrogens with zero attached hydrogens (tertiary/aromatic N) is 4. The summed E-state index contributed by atoms with van der Waals surface area (Å²) in [4.78, 5) is 40.8. The van der Waals surface area contributed by atoms with Crippen LogP contribution in [0.15, 0.2) is 53.6 Å². The Labute approximate surface area is 193 Å². The molecular weight excluding hydrogens is 440 g/mol. The van der Waals surface area contributed by atoms with Crippen LogP contribution in [-0.4, -0.2) is 38.0 Å². The molecule has 172 valence electrons. The molecule has 5 rings (SSSR count). The van der Waals surface area contributed by atoms with Gasteiger partial charge in [-0.1, -0.05) is 0 Å². The summed E-state index contributed by atoms with van der Waals surface area (Å²) in [6.07, 6.45) is 1.29. The maximum absolute atomic E-state index is 13.2. The van der Waals surface area contributed by atoms with Crippen molar-refractivity contribution in [3.8, 4) is 17.2 Å². The maximum Gasteiger partial charge on any atom is 0.270 e. The highest BCUT2D eigenvalue weighted by Gasteiger charge is 2.20. The number of Topliss-reactive ketones (excluding diaryl/α,β-unsaturated/α-hetero) is 1. The predicted octanol–water partition coefficient (Wildman–Crippen LogP) is 3.37. The number of ketones is 1. The summed E-state index contributed by atoms with van der Waals surface area (Å²) in [5.74, 6) is 1.05. The van der Waals surface area contributed by atoms with Crippen molar-refractivity contribution < 1.29 is 19.2 Å². The number of fused-ring (bicyclic) bond motifs is 2. The zero-order valence-electron chi connectivity index (χ0n) is 18.5. The smallest absolute Gasteiger partial charge is 0.270 e. The van der Waals surface area contributed by atoms with Crippen molar-refractivity contribution in [3.63, 3.8) is 0 Å². The molecule has 10 heteroatoms. The van der Waals surface area contributed by atoms with E-state index in [2.05, 4.69) is 4.98 Å². The highest BCUT2D eigenvalue weighted by Crippen LogP contribution is 2.33. The number of carbonyl (C=O) groups is 1. The largest absolute Gasteiger partial charge is 0.486 e. The second-order valence-corrected chi connectivity index (χ2v) is 8.01. The minimum Gasteiger partial charge on any atom is -0.486 e. The van der Waals surface area contributed by atoms with E-state index in [9.17, 15) is 19.7 Å². The number of ether oxygens (including phenoxy) is 2. The Morgan fingerprint density at radius 2 is 1.85 bits per heavy atom. The van der Waals surface area contributed by atoms with E-state index in [1.807, 2.05) is 36.6 Å². The third kappa shape index (κ3) is 3.58. The Hall–Kier alpha value is -4.47. The minimum absolute atomic E-state index is 0.0891. The lowest BCUT2D eigenvalue weighted by molar-refractivity contribution is -0.384. The van der Waals surface area contributed by atoms with E-state index < -0.39 is 10.5 Å². The van der Waals surface area contributed by atoms with Gasteiger partial charge in [-0.05, 0) is 38.1 Å². The Morgan fingerprint density at radius 3 is 2.62 bits per heavy atom. The lowest BCUT2D eigenvalue weighted by Crippen LogP contribution is -2.25. The number of benzene rings is 2. The summed E-state index contributed by atoms with van der Waals surface area (Å²) in [5.41, 5.74) is 2.47. The zero-order valence-corrected chi connectivity index (χ0v) is 18.5. The van der Waals surface area contributed by atoms with Crippen molar-refractivity contribution in [2.24, 2.45) is 0 Å². The molecule has 34 heavy (non-hydrogen) atoms. The zero-order chi connectivity index (χ0) is 24.0. The molecule has 0 N–H and O–H groups in total. The predicted molar refractivity (Wildman–Crippen MR) is 123 cm³/mol. The summed E-state index contributed by atoms with van der Waals surface area (Å²) in [6, 6.07) is 11.3. The Balaban J connectivity index is 1.48. The van der Waals surface area contributed by atoms with Crippen LogP contribution in [0.4, 0.5) is 5.69 Å². The number of rotatable bonds is 5. The molecule has 0 unspecified atom stereocenters. The van der Waals surface area contributed by atoms with Crippen LogP contribution < -0.4 is 15.0 Å². The van der Waals surface area contributed by atoms with Crippen LogP contribution >= 0.6 is 0 Å². The van der Waals surface area contributed by atoms with E-state index in [-0.39, 0.29) is 23.4 Å². The van der Waals surface area contributed by atoms with Crippen molar-refractivity contribution >= 4 is 22.4 Å². The molecule has 0 spiro atoms. The van der Waals surface area contributed by atoms with Gasteiger partial charge >= 0.3 is 0 Å². The Kier molecular flexibility index (Phi) is 5.12. The average Bonchev–Trinajstić information content (AvgIpc) is 3.14. The maximum atomic E-state index is 13.2. The van der Waals surface area contributed by atoms with Gasteiger partial charge in [-0.15, -0.1) is 0 Å². The van der Waals surface area contributed by atoms with Crippen molar-refractivity contribution in [1.29, 1.82) is 0 Å². The molecule has 0 fully saturated rings. The van der Waals surface area contributed by atoms with E-state index in [0.29, 0.717) is 35.8 Å². The van der Waals surface area contributed by atoms with Crippen LogP contribution in [0.25, 0.3) is 16.6 Å². The normalized spacial score (nSPS) is 12.6. The summed E-state index contributed by atoms with van der Waals surface area (Å²) >= 11 is 0. The molecule has 0 bridgehead atoms. The molecule has 2 aromatic carbocycles. The van der Waals surface area contributed by atoms with Crippen LogP contribution in [-0.2, 0) is 6.54 Å². The molecule has 1 aliphatic rings. The number of nitro benzene ring substituents is 1. The van der Waals surface area contributed by atoms with E-state index in [0.717, 1.165) is 17.1 Å². The van der Waals surface area contributed by atoms with Crippen molar-refractivity contribution in [2.45, 2.75) is 20.4 Å². The van der Waals surface area contributed by atoms with Gasteiger partial charge in [0, 0.05) is 40.8 Å². The minimum atomic E-state index is -0.575. The molecule has 0 atom stereocenters. The Morgan fingerprint density at radius 1 is 1.09 bits per heavy atom. The fraction of sp³-hybridized carbons (Fsp3) is 0.208. The fourth-order valence-electron chi connectivity index (χ4n) is 4.23. The van der Waals surface area contributed by atoms with Crippen molar-refractivity contribution in [1.82, 2.24) is 14.1 Å². The molecular formula is C24H20N4O6.